The van der Waals surface area contributed by atoms with Crippen molar-refractivity contribution in [3.63, 3.8) is 0 Å². The Bertz CT molecular complexity index is 438. The third-order valence-corrected chi connectivity index (χ3v) is 3.18. The van der Waals surface area contributed by atoms with Crippen LogP contribution in [0.1, 0.15) is 17.3 Å². The third kappa shape index (κ3) is 4.27. The molecule has 6 heteroatoms. The van der Waals surface area contributed by atoms with Crippen molar-refractivity contribution in [3.05, 3.63) is 35.4 Å². The lowest BCUT2D eigenvalue weighted by Gasteiger charge is -2.22. The zero-order chi connectivity index (χ0) is 13.8. The Morgan fingerprint density at radius 3 is 2.67 bits per heavy atom. The highest BCUT2D eigenvalue weighted by atomic mass is 32.2. The van der Waals surface area contributed by atoms with Crippen molar-refractivity contribution in [2.24, 2.45) is 0 Å². The first-order valence-electron chi connectivity index (χ1n) is 5.30. The van der Waals surface area contributed by atoms with E-state index >= 15 is 0 Å². The van der Waals surface area contributed by atoms with Gasteiger partial charge in [-0.05, 0) is 31.4 Å². The maximum Gasteiger partial charge on any atom is 0.251 e. The van der Waals surface area contributed by atoms with E-state index in [0.717, 1.165) is 12.1 Å². The van der Waals surface area contributed by atoms with Crippen molar-refractivity contribution < 1.29 is 18.7 Å². The molecular weight excluding hydrogens is 260 g/mol. The summed E-state index contributed by atoms with van der Waals surface area (Å²) in [5.41, 5.74) is -1.01. The number of carbonyl (C=O) groups excluding carboxylic acids is 1. The Labute approximate surface area is 109 Å². The van der Waals surface area contributed by atoms with Crippen molar-refractivity contribution in [3.8, 4) is 0 Å². The number of hydrogen-bond acceptors (Lipinski definition) is 3. The normalized spacial score (nSPS) is 14.1. The predicted octanol–water partition coefficient (Wildman–Crippen LogP) is 1.81. The van der Waals surface area contributed by atoms with Crippen molar-refractivity contribution in [1.82, 2.24) is 5.32 Å². The van der Waals surface area contributed by atoms with E-state index in [-0.39, 0.29) is 12.1 Å². The van der Waals surface area contributed by atoms with E-state index in [1.54, 1.807) is 6.92 Å². The van der Waals surface area contributed by atoms with Gasteiger partial charge in [0.1, 0.15) is 0 Å². The second-order valence-electron chi connectivity index (χ2n) is 4.24. The van der Waals surface area contributed by atoms with E-state index in [9.17, 15) is 18.7 Å². The fourth-order valence-electron chi connectivity index (χ4n) is 1.37. The second-order valence-corrected chi connectivity index (χ2v) is 5.11. The van der Waals surface area contributed by atoms with Crippen LogP contribution in [0.2, 0.25) is 0 Å². The lowest BCUT2D eigenvalue weighted by Crippen LogP contribution is -2.42. The lowest BCUT2D eigenvalue weighted by atomic mass is 10.1. The lowest BCUT2D eigenvalue weighted by molar-refractivity contribution is 0.0725. The minimum absolute atomic E-state index is 0.0221. The zero-order valence-corrected chi connectivity index (χ0v) is 11.0. The second kappa shape index (κ2) is 6.15. The van der Waals surface area contributed by atoms with E-state index in [1.807, 2.05) is 6.26 Å². The van der Waals surface area contributed by atoms with Gasteiger partial charge in [-0.1, -0.05) is 0 Å². The van der Waals surface area contributed by atoms with Gasteiger partial charge in [-0.15, -0.1) is 0 Å². The molecule has 1 aromatic carbocycles. The predicted molar refractivity (Wildman–Crippen MR) is 67.7 cm³/mol. The van der Waals surface area contributed by atoms with Gasteiger partial charge in [0.2, 0.25) is 0 Å². The van der Waals surface area contributed by atoms with Gasteiger partial charge in [0, 0.05) is 17.9 Å². The third-order valence-electron chi connectivity index (χ3n) is 2.27. The van der Waals surface area contributed by atoms with Crippen LogP contribution in [0.25, 0.3) is 0 Å². The maximum atomic E-state index is 12.9. The number of nitrogens with one attached hydrogen (secondary N) is 1. The Morgan fingerprint density at radius 2 is 2.11 bits per heavy atom. The maximum absolute atomic E-state index is 12.9. The molecule has 1 rings (SSSR count). The standard InChI is InChI=1S/C12H15F2NO2S/c1-12(17,7-18-2)6-15-11(16)8-3-4-9(13)10(14)5-8/h3-5,17H,6-7H2,1-2H3,(H,15,16). The summed E-state index contributed by atoms with van der Waals surface area (Å²) in [4.78, 5) is 11.6. The summed E-state index contributed by atoms with van der Waals surface area (Å²) in [6.45, 7) is 1.64. The van der Waals surface area contributed by atoms with E-state index in [1.165, 1.54) is 17.8 Å². The summed E-state index contributed by atoms with van der Waals surface area (Å²) in [5, 5.41) is 12.3. The van der Waals surface area contributed by atoms with Crippen molar-refractivity contribution in [1.29, 1.82) is 0 Å². The van der Waals surface area contributed by atoms with Crippen LogP contribution in [0, 0.1) is 11.6 Å². The summed E-state index contributed by atoms with van der Waals surface area (Å²) in [7, 11) is 0. The van der Waals surface area contributed by atoms with Crippen LogP contribution in [0.4, 0.5) is 8.78 Å². The summed E-state index contributed by atoms with van der Waals surface area (Å²) >= 11 is 1.45. The number of rotatable bonds is 5. The first-order chi connectivity index (χ1) is 8.35. The fourth-order valence-corrected chi connectivity index (χ4v) is 2.10. The van der Waals surface area contributed by atoms with Crippen molar-refractivity contribution >= 4 is 17.7 Å². The van der Waals surface area contributed by atoms with E-state index in [2.05, 4.69) is 5.32 Å². The number of carbonyl (C=O) groups is 1. The molecule has 0 bridgehead atoms. The molecule has 0 radical (unpaired) electrons. The molecule has 0 fully saturated rings. The van der Waals surface area contributed by atoms with E-state index in [4.69, 9.17) is 0 Å². The van der Waals surface area contributed by atoms with E-state index in [0.29, 0.717) is 5.75 Å². The zero-order valence-electron chi connectivity index (χ0n) is 10.2. The van der Waals surface area contributed by atoms with Crippen LogP contribution >= 0.6 is 11.8 Å². The average Bonchev–Trinajstić information content (AvgIpc) is 2.30. The molecule has 1 aromatic rings. The summed E-state index contributed by atoms with van der Waals surface area (Å²) in [6, 6.07) is 2.91. The molecule has 0 aliphatic heterocycles. The molecule has 0 saturated carbocycles. The quantitative estimate of drug-likeness (QED) is 0.861. The van der Waals surface area contributed by atoms with Crippen molar-refractivity contribution in [2.45, 2.75) is 12.5 Å². The number of halogens is 2. The molecular formula is C12H15F2NO2S. The van der Waals surface area contributed by atoms with Crippen molar-refractivity contribution in [2.75, 3.05) is 18.6 Å². The smallest absolute Gasteiger partial charge is 0.251 e. The highest BCUT2D eigenvalue weighted by Gasteiger charge is 2.21. The number of hydrogen-bond donors (Lipinski definition) is 2. The number of thioether (sulfide) groups is 1. The van der Waals surface area contributed by atoms with Crippen LogP contribution in [-0.2, 0) is 0 Å². The van der Waals surface area contributed by atoms with E-state index < -0.39 is 23.1 Å². The van der Waals surface area contributed by atoms with Gasteiger partial charge < -0.3 is 10.4 Å². The Balaban J connectivity index is 2.63. The van der Waals surface area contributed by atoms with Gasteiger partial charge >= 0.3 is 0 Å². The molecule has 1 amide bonds. The van der Waals surface area contributed by atoms with Gasteiger partial charge in [0.05, 0.1) is 5.60 Å². The molecule has 1 atom stereocenters. The first kappa shape index (κ1) is 14.9. The fraction of sp³-hybridized carbons (Fsp3) is 0.417. The molecule has 0 aliphatic carbocycles. The SMILES string of the molecule is CSCC(C)(O)CNC(=O)c1ccc(F)c(F)c1. The molecule has 0 saturated heterocycles. The Hall–Kier alpha value is -1.14. The highest BCUT2D eigenvalue weighted by molar-refractivity contribution is 7.98. The topological polar surface area (TPSA) is 49.3 Å². The molecule has 100 valence electrons. The molecule has 18 heavy (non-hydrogen) atoms. The minimum Gasteiger partial charge on any atom is -0.387 e. The molecule has 0 aliphatic rings. The number of benzene rings is 1. The van der Waals surface area contributed by atoms with Crippen LogP contribution in [0.5, 0.6) is 0 Å². The van der Waals surface area contributed by atoms with Gasteiger partial charge in [-0.3, -0.25) is 4.79 Å². The summed E-state index contributed by atoms with van der Waals surface area (Å²) in [6.07, 6.45) is 1.84. The van der Waals surface area contributed by atoms with Crippen LogP contribution in [0.15, 0.2) is 18.2 Å². The average molecular weight is 275 g/mol. The molecule has 0 spiro atoms. The Kier molecular flexibility index (Phi) is 5.10. The number of aliphatic hydroxyl groups is 1. The molecule has 0 aromatic heterocycles. The summed E-state index contributed by atoms with van der Waals surface area (Å²) < 4.78 is 25.6. The summed E-state index contributed by atoms with van der Waals surface area (Å²) in [5.74, 6) is -2.15. The molecule has 1 unspecified atom stereocenters. The van der Waals surface area contributed by atoms with Gasteiger partial charge in [0.25, 0.3) is 5.91 Å². The first-order valence-corrected chi connectivity index (χ1v) is 6.70. The van der Waals surface area contributed by atoms with Crippen LogP contribution < -0.4 is 5.32 Å². The Morgan fingerprint density at radius 1 is 1.44 bits per heavy atom. The largest absolute Gasteiger partial charge is 0.387 e. The molecule has 3 nitrogen and oxygen atoms in total. The van der Waals surface area contributed by atoms with Crippen LogP contribution in [-0.4, -0.2) is 35.2 Å². The monoisotopic (exact) mass is 275 g/mol. The van der Waals surface area contributed by atoms with Gasteiger partial charge in [0.15, 0.2) is 11.6 Å². The minimum atomic E-state index is -1.07. The van der Waals surface area contributed by atoms with Gasteiger partial charge in [-0.2, -0.15) is 11.8 Å². The highest BCUT2D eigenvalue weighted by Crippen LogP contribution is 2.11. The van der Waals surface area contributed by atoms with Gasteiger partial charge in [-0.25, -0.2) is 8.78 Å². The number of amides is 1. The van der Waals surface area contributed by atoms with Crippen LogP contribution in [0.3, 0.4) is 0 Å². The molecule has 0 heterocycles. The molecule has 2 N–H and O–H groups in total.